The number of fused-ring (bicyclic) bond motifs is 1. The van der Waals surface area contributed by atoms with Gasteiger partial charge in [0.25, 0.3) is 0 Å². The van der Waals surface area contributed by atoms with Crippen molar-refractivity contribution in [1.82, 2.24) is 9.88 Å². The Morgan fingerprint density at radius 2 is 2.32 bits per heavy atom. The summed E-state index contributed by atoms with van der Waals surface area (Å²) < 4.78 is 5.17. The molecule has 0 atom stereocenters. The molecule has 1 fully saturated rings. The van der Waals surface area contributed by atoms with Crippen molar-refractivity contribution in [3.63, 3.8) is 0 Å². The molecule has 3 rings (SSSR count). The summed E-state index contributed by atoms with van der Waals surface area (Å²) >= 11 is 0. The highest BCUT2D eigenvalue weighted by molar-refractivity contribution is 5.91. The number of likely N-dealkylation sites (N-methyl/N-ethyl adjacent to an activating group) is 1. The molecule has 1 aromatic heterocycles. The zero-order valence-electron chi connectivity index (χ0n) is 11.6. The number of pyridine rings is 1. The fraction of sp³-hybridized carbons (Fsp3) is 0.600. The van der Waals surface area contributed by atoms with E-state index in [-0.39, 0.29) is 5.97 Å². The Morgan fingerprint density at radius 1 is 1.53 bits per heavy atom. The van der Waals surface area contributed by atoms with E-state index >= 15 is 0 Å². The Labute approximate surface area is 113 Å². The van der Waals surface area contributed by atoms with E-state index in [0.717, 1.165) is 38.0 Å². The van der Waals surface area contributed by atoms with Crippen molar-refractivity contribution in [2.75, 3.05) is 20.2 Å². The van der Waals surface area contributed by atoms with Crippen molar-refractivity contribution in [1.29, 1.82) is 0 Å². The van der Waals surface area contributed by atoms with Crippen LogP contribution in [0, 0.1) is 0 Å². The zero-order valence-corrected chi connectivity index (χ0v) is 11.6. The third-order valence-corrected chi connectivity index (χ3v) is 3.85. The highest BCUT2D eigenvalue weighted by Crippen LogP contribution is 2.41. The molecule has 4 nitrogen and oxygen atoms in total. The van der Waals surface area contributed by atoms with Crippen LogP contribution in [0.2, 0.25) is 0 Å². The summed E-state index contributed by atoms with van der Waals surface area (Å²) in [7, 11) is 2.10. The largest absolute Gasteiger partial charge is 0.462 e. The van der Waals surface area contributed by atoms with E-state index in [1.807, 2.05) is 13.0 Å². The molecule has 0 aromatic carbocycles. The van der Waals surface area contributed by atoms with E-state index < -0.39 is 0 Å². The van der Waals surface area contributed by atoms with E-state index in [4.69, 9.17) is 9.72 Å². The highest BCUT2D eigenvalue weighted by atomic mass is 16.5. The molecule has 1 aliphatic carbocycles. The highest BCUT2D eigenvalue weighted by Gasteiger charge is 2.32. The molecular formula is C15H20N2O2. The first-order valence-corrected chi connectivity index (χ1v) is 7.07. The van der Waals surface area contributed by atoms with E-state index in [2.05, 4.69) is 11.9 Å². The smallest absolute Gasteiger partial charge is 0.340 e. The number of hydrogen-bond acceptors (Lipinski definition) is 4. The van der Waals surface area contributed by atoms with Crippen LogP contribution in [-0.4, -0.2) is 36.1 Å². The standard InChI is InChI=1S/C15H20N2O2/c1-3-19-15(18)12-8-11-9-17(2)7-6-13(11)16-14(12)10-4-5-10/h8,10H,3-7,9H2,1-2H3. The zero-order chi connectivity index (χ0) is 13.4. The predicted molar refractivity (Wildman–Crippen MR) is 72.2 cm³/mol. The summed E-state index contributed by atoms with van der Waals surface area (Å²) in [6.45, 7) is 4.18. The molecule has 0 spiro atoms. The molecule has 1 aromatic rings. The van der Waals surface area contributed by atoms with Gasteiger partial charge in [-0.1, -0.05) is 0 Å². The normalized spacial score (nSPS) is 19.1. The van der Waals surface area contributed by atoms with Crippen molar-refractivity contribution < 1.29 is 9.53 Å². The van der Waals surface area contributed by atoms with Crippen molar-refractivity contribution in [2.24, 2.45) is 0 Å². The molecule has 19 heavy (non-hydrogen) atoms. The minimum absolute atomic E-state index is 0.215. The molecule has 0 unspecified atom stereocenters. The third kappa shape index (κ3) is 2.50. The Balaban J connectivity index is 2.00. The fourth-order valence-corrected chi connectivity index (χ4v) is 2.67. The van der Waals surface area contributed by atoms with Gasteiger partial charge >= 0.3 is 5.97 Å². The van der Waals surface area contributed by atoms with Crippen LogP contribution in [0.15, 0.2) is 6.07 Å². The van der Waals surface area contributed by atoms with Crippen LogP contribution >= 0.6 is 0 Å². The molecule has 0 bridgehead atoms. The summed E-state index contributed by atoms with van der Waals surface area (Å²) in [4.78, 5) is 19.1. The second-order valence-electron chi connectivity index (χ2n) is 5.51. The van der Waals surface area contributed by atoms with Gasteiger partial charge in [-0.25, -0.2) is 4.79 Å². The molecule has 102 valence electrons. The maximum absolute atomic E-state index is 12.1. The van der Waals surface area contributed by atoms with Gasteiger partial charge in [0.1, 0.15) is 0 Å². The average Bonchev–Trinajstić information content (AvgIpc) is 3.21. The fourth-order valence-electron chi connectivity index (χ4n) is 2.67. The van der Waals surface area contributed by atoms with Gasteiger partial charge in [0.05, 0.1) is 17.9 Å². The number of aromatic nitrogens is 1. The topological polar surface area (TPSA) is 42.4 Å². The molecule has 1 saturated carbocycles. The van der Waals surface area contributed by atoms with Gasteiger partial charge in [-0.15, -0.1) is 0 Å². The first-order chi connectivity index (χ1) is 9.19. The molecule has 2 aliphatic rings. The molecule has 0 amide bonds. The summed E-state index contributed by atoms with van der Waals surface area (Å²) in [5.41, 5.74) is 4.02. The van der Waals surface area contributed by atoms with E-state index in [1.165, 1.54) is 11.3 Å². The molecule has 4 heteroatoms. The number of esters is 1. The monoisotopic (exact) mass is 260 g/mol. The van der Waals surface area contributed by atoms with E-state index in [9.17, 15) is 4.79 Å². The number of rotatable bonds is 3. The molecule has 2 heterocycles. The molecule has 0 saturated heterocycles. The van der Waals surface area contributed by atoms with Gasteiger partial charge in [0.15, 0.2) is 0 Å². The van der Waals surface area contributed by atoms with Crippen molar-refractivity contribution >= 4 is 5.97 Å². The summed E-state index contributed by atoms with van der Waals surface area (Å²) in [5, 5.41) is 0. The minimum atomic E-state index is -0.215. The van der Waals surface area contributed by atoms with Crippen LogP contribution in [0.5, 0.6) is 0 Å². The third-order valence-electron chi connectivity index (χ3n) is 3.85. The number of carbonyl (C=O) groups is 1. The van der Waals surface area contributed by atoms with E-state index in [1.54, 1.807) is 0 Å². The number of ether oxygens (including phenoxy) is 1. The number of nitrogens with zero attached hydrogens (tertiary/aromatic N) is 2. The van der Waals surface area contributed by atoms with Crippen molar-refractivity contribution in [2.45, 2.75) is 38.6 Å². The summed E-state index contributed by atoms with van der Waals surface area (Å²) in [6, 6.07) is 2.02. The first kappa shape index (κ1) is 12.6. The second-order valence-corrected chi connectivity index (χ2v) is 5.51. The van der Waals surface area contributed by atoms with Gasteiger partial charge < -0.3 is 9.64 Å². The Kier molecular flexibility index (Phi) is 3.27. The van der Waals surface area contributed by atoms with Gasteiger partial charge in [-0.2, -0.15) is 0 Å². The minimum Gasteiger partial charge on any atom is -0.462 e. The lowest BCUT2D eigenvalue weighted by Crippen LogP contribution is -2.28. The molecule has 0 N–H and O–H groups in total. The van der Waals surface area contributed by atoms with Crippen LogP contribution < -0.4 is 0 Å². The maximum Gasteiger partial charge on any atom is 0.340 e. The lowest BCUT2D eigenvalue weighted by molar-refractivity contribution is 0.0524. The van der Waals surface area contributed by atoms with Crippen LogP contribution in [0.1, 0.15) is 53.0 Å². The Morgan fingerprint density at radius 3 is 3.00 bits per heavy atom. The summed E-state index contributed by atoms with van der Waals surface area (Å²) in [6.07, 6.45) is 3.28. The van der Waals surface area contributed by atoms with Crippen LogP contribution in [0.25, 0.3) is 0 Å². The predicted octanol–water partition coefficient (Wildman–Crippen LogP) is 2.12. The first-order valence-electron chi connectivity index (χ1n) is 7.07. The average molecular weight is 260 g/mol. The second kappa shape index (κ2) is 4.93. The van der Waals surface area contributed by atoms with Crippen molar-refractivity contribution in [3.05, 3.63) is 28.6 Å². The molecule has 1 aliphatic heterocycles. The van der Waals surface area contributed by atoms with Gasteiger partial charge in [-0.05, 0) is 38.4 Å². The molecular weight excluding hydrogens is 240 g/mol. The maximum atomic E-state index is 12.1. The van der Waals surface area contributed by atoms with Gasteiger partial charge in [-0.3, -0.25) is 4.98 Å². The van der Waals surface area contributed by atoms with Crippen LogP contribution in [0.3, 0.4) is 0 Å². The van der Waals surface area contributed by atoms with Gasteiger partial charge in [0, 0.05) is 31.1 Å². The number of carbonyl (C=O) groups excluding carboxylic acids is 1. The SMILES string of the molecule is CCOC(=O)c1cc2c(nc1C1CC1)CCN(C)C2. The quantitative estimate of drug-likeness (QED) is 0.781. The summed E-state index contributed by atoms with van der Waals surface area (Å²) in [5.74, 6) is 0.261. The van der Waals surface area contributed by atoms with Crippen molar-refractivity contribution in [3.8, 4) is 0 Å². The molecule has 0 radical (unpaired) electrons. The lowest BCUT2D eigenvalue weighted by Gasteiger charge is -2.25. The Bertz CT molecular complexity index is 509. The Hall–Kier alpha value is -1.42. The lowest BCUT2D eigenvalue weighted by atomic mass is 10.0. The van der Waals surface area contributed by atoms with Gasteiger partial charge in [0.2, 0.25) is 0 Å². The van der Waals surface area contributed by atoms with Crippen LogP contribution in [-0.2, 0) is 17.7 Å². The number of hydrogen-bond donors (Lipinski definition) is 0. The van der Waals surface area contributed by atoms with Crippen LogP contribution in [0.4, 0.5) is 0 Å². The van der Waals surface area contributed by atoms with E-state index in [0.29, 0.717) is 18.1 Å².